The fraction of sp³-hybridized carbons (Fsp3) is 0.158. The molecule has 0 saturated carbocycles. The molecule has 19 heavy (non-hydrogen) atoms. The zero-order chi connectivity index (χ0) is 14.1. The molecule has 0 fully saturated rings. The van der Waals surface area contributed by atoms with Gasteiger partial charge in [0.1, 0.15) is 0 Å². The lowest BCUT2D eigenvalue weighted by Crippen LogP contribution is -1.85. The molecule has 0 heteroatoms. The maximum atomic E-state index is 3.66. The molecule has 98 valence electrons. The van der Waals surface area contributed by atoms with E-state index in [4.69, 9.17) is 0 Å². The van der Waals surface area contributed by atoms with Crippen molar-refractivity contribution in [3.05, 3.63) is 96.1 Å². The largest absolute Gasteiger partial charge is 0.0959 e. The normalized spacial score (nSPS) is 9.16. The number of hydrogen-bond acceptors (Lipinski definition) is 0. The topological polar surface area (TPSA) is 0 Å². The van der Waals surface area contributed by atoms with Gasteiger partial charge in [-0.05, 0) is 31.4 Å². The van der Waals surface area contributed by atoms with Gasteiger partial charge >= 0.3 is 0 Å². The average Bonchev–Trinajstić information content (AvgIpc) is 2.41. The summed E-state index contributed by atoms with van der Waals surface area (Å²) in [6.07, 6.45) is 1.03. The SMILES string of the molecule is C=C(C)C(=C)C.c1ccc(Cc2ccccc2)cc1. The predicted molar refractivity (Wildman–Crippen MR) is 85.3 cm³/mol. The highest BCUT2D eigenvalue weighted by Crippen LogP contribution is 2.07. The smallest absolute Gasteiger partial charge is 0.00258 e. The molecule has 2 aromatic rings. The van der Waals surface area contributed by atoms with Crippen LogP contribution in [0.1, 0.15) is 25.0 Å². The quantitative estimate of drug-likeness (QED) is 0.638. The van der Waals surface area contributed by atoms with Crippen LogP contribution in [0.3, 0.4) is 0 Å². The van der Waals surface area contributed by atoms with Gasteiger partial charge in [-0.15, -0.1) is 0 Å². The third-order valence-electron chi connectivity index (χ3n) is 2.82. The second-order valence-electron chi connectivity index (χ2n) is 4.71. The van der Waals surface area contributed by atoms with Gasteiger partial charge in [0.2, 0.25) is 0 Å². The molecule has 0 N–H and O–H groups in total. The molecular weight excluding hydrogens is 228 g/mol. The van der Waals surface area contributed by atoms with Gasteiger partial charge in [-0.2, -0.15) is 0 Å². The lowest BCUT2D eigenvalue weighted by Gasteiger charge is -2.00. The number of allylic oxidation sites excluding steroid dienone is 2. The zero-order valence-corrected chi connectivity index (χ0v) is 11.9. The van der Waals surface area contributed by atoms with Crippen LogP contribution in [0.2, 0.25) is 0 Å². The van der Waals surface area contributed by atoms with Crippen molar-refractivity contribution in [2.75, 3.05) is 0 Å². The van der Waals surface area contributed by atoms with Gasteiger partial charge in [0.15, 0.2) is 0 Å². The molecule has 0 spiro atoms. The van der Waals surface area contributed by atoms with Crippen molar-refractivity contribution in [3.8, 4) is 0 Å². The standard InChI is InChI=1S/C13H12.C6H10/c1-3-7-12(8-4-1)11-13-9-5-2-6-10-13;1-5(2)6(3)4/h1-10H,11H2;1,3H2,2,4H3. The molecule has 0 aliphatic heterocycles. The van der Waals surface area contributed by atoms with Crippen LogP contribution < -0.4 is 0 Å². The number of hydrogen-bond donors (Lipinski definition) is 0. The second kappa shape index (κ2) is 8.10. The molecule has 0 bridgehead atoms. The summed E-state index contributed by atoms with van der Waals surface area (Å²) in [5.74, 6) is 0. The molecule has 0 heterocycles. The number of rotatable bonds is 3. The summed E-state index contributed by atoms with van der Waals surface area (Å²) in [6, 6.07) is 21.1. The minimum absolute atomic E-state index is 1.03. The first-order chi connectivity index (χ1) is 9.09. The van der Waals surface area contributed by atoms with Crippen LogP contribution in [0.15, 0.2) is 85.0 Å². The van der Waals surface area contributed by atoms with Crippen molar-refractivity contribution in [1.82, 2.24) is 0 Å². The first-order valence-electron chi connectivity index (χ1n) is 6.49. The van der Waals surface area contributed by atoms with Gasteiger partial charge in [0.05, 0.1) is 0 Å². The van der Waals surface area contributed by atoms with E-state index < -0.39 is 0 Å². The van der Waals surface area contributed by atoms with E-state index in [0.717, 1.165) is 17.6 Å². The Labute approximate surface area is 117 Å². The highest BCUT2D eigenvalue weighted by molar-refractivity contribution is 5.25. The highest BCUT2D eigenvalue weighted by atomic mass is 14.0. The Hall–Kier alpha value is -2.08. The Morgan fingerprint density at radius 3 is 1.26 bits per heavy atom. The monoisotopic (exact) mass is 250 g/mol. The minimum atomic E-state index is 1.03. The fourth-order valence-corrected chi connectivity index (χ4v) is 1.43. The van der Waals surface area contributed by atoms with E-state index in [-0.39, 0.29) is 0 Å². The van der Waals surface area contributed by atoms with Gasteiger partial charge in [-0.1, -0.05) is 85.0 Å². The summed E-state index contributed by atoms with van der Waals surface area (Å²) in [4.78, 5) is 0. The Bertz CT molecular complexity index is 457. The maximum absolute atomic E-state index is 3.66. The summed E-state index contributed by atoms with van der Waals surface area (Å²) < 4.78 is 0. The Morgan fingerprint density at radius 1 is 0.684 bits per heavy atom. The van der Waals surface area contributed by atoms with E-state index >= 15 is 0 Å². The van der Waals surface area contributed by atoms with Crippen molar-refractivity contribution in [2.24, 2.45) is 0 Å². The fourth-order valence-electron chi connectivity index (χ4n) is 1.43. The summed E-state index contributed by atoms with van der Waals surface area (Å²) in [5.41, 5.74) is 4.87. The average molecular weight is 250 g/mol. The van der Waals surface area contributed by atoms with E-state index in [1.807, 2.05) is 13.8 Å². The molecule has 0 aliphatic rings. The molecule has 0 nitrogen and oxygen atoms in total. The van der Waals surface area contributed by atoms with Crippen molar-refractivity contribution < 1.29 is 0 Å². The molecule has 0 saturated heterocycles. The molecule has 2 rings (SSSR count). The Morgan fingerprint density at radius 2 is 1.00 bits per heavy atom. The Balaban J connectivity index is 0.000000258. The predicted octanol–water partition coefficient (Wildman–Crippen LogP) is 5.42. The van der Waals surface area contributed by atoms with Crippen LogP contribution in [0.25, 0.3) is 0 Å². The van der Waals surface area contributed by atoms with E-state index in [0.29, 0.717) is 0 Å². The van der Waals surface area contributed by atoms with Crippen molar-refractivity contribution in [2.45, 2.75) is 20.3 Å². The van der Waals surface area contributed by atoms with Crippen molar-refractivity contribution >= 4 is 0 Å². The minimum Gasteiger partial charge on any atom is -0.0959 e. The molecule has 0 radical (unpaired) electrons. The van der Waals surface area contributed by atoms with Crippen LogP contribution in [-0.2, 0) is 6.42 Å². The van der Waals surface area contributed by atoms with Gasteiger partial charge in [-0.3, -0.25) is 0 Å². The molecule has 0 aliphatic carbocycles. The highest BCUT2D eigenvalue weighted by Gasteiger charge is 1.92. The first kappa shape index (κ1) is 15.0. The van der Waals surface area contributed by atoms with Crippen LogP contribution in [0.4, 0.5) is 0 Å². The molecule has 0 amide bonds. The second-order valence-corrected chi connectivity index (χ2v) is 4.71. The van der Waals surface area contributed by atoms with E-state index in [1.165, 1.54) is 11.1 Å². The lowest BCUT2D eigenvalue weighted by molar-refractivity contribution is 1.19. The number of benzene rings is 2. The van der Waals surface area contributed by atoms with Crippen LogP contribution >= 0.6 is 0 Å². The summed E-state index contributed by atoms with van der Waals surface area (Å²) in [5, 5.41) is 0. The maximum Gasteiger partial charge on any atom is -0.00258 e. The van der Waals surface area contributed by atoms with Crippen LogP contribution in [0.5, 0.6) is 0 Å². The molecule has 0 aromatic heterocycles. The third kappa shape index (κ3) is 6.42. The van der Waals surface area contributed by atoms with Crippen molar-refractivity contribution in [1.29, 1.82) is 0 Å². The van der Waals surface area contributed by atoms with Crippen LogP contribution in [-0.4, -0.2) is 0 Å². The van der Waals surface area contributed by atoms with Gasteiger partial charge in [-0.25, -0.2) is 0 Å². The Kier molecular flexibility index (Phi) is 6.38. The molecule has 0 unspecified atom stereocenters. The van der Waals surface area contributed by atoms with Gasteiger partial charge in [0, 0.05) is 0 Å². The van der Waals surface area contributed by atoms with E-state index in [2.05, 4.69) is 73.8 Å². The van der Waals surface area contributed by atoms with E-state index in [9.17, 15) is 0 Å². The third-order valence-corrected chi connectivity index (χ3v) is 2.82. The molecule has 2 aromatic carbocycles. The van der Waals surface area contributed by atoms with Gasteiger partial charge < -0.3 is 0 Å². The van der Waals surface area contributed by atoms with Gasteiger partial charge in [0.25, 0.3) is 0 Å². The first-order valence-corrected chi connectivity index (χ1v) is 6.49. The zero-order valence-electron chi connectivity index (χ0n) is 11.9. The van der Waals surface area contributed by atoms with Crippen molar-refractivity contribution in [3.63, 3.8) is 0 Å². The molecular formula is C19H22. The lowest BCUT2D eigenvalue weighted by atomic mass is 10.1. The summed E-state index contributed by atoms with van der Waals surface area (Å²) in [6.45, 7) is 11.2. The summed E-state index contributed by atoms with van der Waals surface area (Å²) >= 11 is 0. The van der Waals surface area contributed by atoms with Crippen LogP contribution in [0, 0.1) is 0 Å². The van der Waals surface area contributed by atoms with E-state index in [1.54, 1.807) is 0 Å². The summed E-state index contributed by atoms with van der Waals surface area (Å²) in [7, 11) is 0. The molecule has 0 atom stereocenters.